The molecule has 3 heteroatoms. The molecular formula is C12H15NO2. The summed E-state index contributed by atoms with van der Waals surface area (Å²) in [5.41, 5.74) is 0.677. The first kappa shape index (κ1) is 13.2. The van der Waals surface area contributed by atoms with Crippen LogP contribution in [0.15, 0.2) is 35.5 Å². The number of aliphatic carboxylic acids is 1. The molecule has 0 amide bonds. The highest BCUT2D eigenvalue weighted by atomic mass is 16.4. The molecular weight excluding hydrogens is 190 g/mol. The molecule has 0 aromatic rings. The van der Waals surface area contributed by atoms with E-state index in [4.69, 9.17) is 10.4 Å². The van der Waals surface area contributed by atoms with Gasteiger partial charge in [0.1, 0.15) is 11.6 Å². The predicted octanol–water partition coefficient (Wildman–Crippen LogP) is 2.82. The SMILES string of the molecule is CCC/C=C/C(C)=C/C=C(\C#N)C(=O)O. The summed E-state index contributed by atoms with van der Waals surface area (Å²) in [6.07, 6.45) is 8.95. The van der Waals surface area contributed by atoms with E-state index < -0.39 is 5.97 Å². The van der Waals surface area contributed by atoms with E-state index in [0.29, 0.717) is 0 Å². The Balaban J connectivity index is 4.50. The lowest BCUT2D eigenvalue weighted by Gasteiger charge is -1.90. The third-order valence-corrected chi connectivity index (χ3v) is 1.70. The quantitative estimate of drug-likeness (QED) is 0.426. The van der Waals surface area contributed by atoms with Crippen molar-refractivity contribution >= 4 is 5.97 Å². The van der Waals surface area contributed by atoms with Crippen molar-refractivity contribution in [3.05, 3.63) is 35.5 Å². The number of rotatable bonds is 5. The molecule has 15 heavy (non-hydrogen) atoms. The lowest BCUT2D eigenvalue weighted by atomic mass is 10.2. The fraction of sp³-hybridized carbons (Fsp3) is 0.333. The molecule has 1 N–H and O–H groups in total. The van der Waals surface area contributed by atoms with Crippen LogP contribution in [0.1, 0.15) is 26.7 Å². The highest BCUT2D eigenvalue weighted by Gasteiger charge is 2.02. The molecule has 0 aromatic heterocycles. The van der Waals surface area contributed by atoms with Gasteiger partial charge in [0, 0.05) is 0 Å². The first-order valence-corrected chi connectivity index (χ1v) is 4.80. The Kier molecular flexibility index (Phi) is 6.65. The van der Waals surface area contributed by atoms with Crippen LogP contribution in [0.4, 0.5) is 0 Å². The molecule has 0 bridgehead atoms. The van der Waals surface area contributed by atoms with Gasteiger partial charge in [-0.2, -0.15) is 5.26 Å². The minimum Gasteiger partial charge on any atom is -0.477 e. The van der Waals surface area contributed by atoms with Crippen LogP contribution in [-0.2, 0) is 4.79 Å². The van der Waals surface area contributed by atoms with Gasteiger partial charge >= 0.3 is 5.97 Å². The smallest absolute Gasteiger partial charge is 0.346 e. The van der Waals surface area contributed by atoms with Crippen LogP contribution in [0, 0.1) is 11.3 Å². The Hall–Kier alpha value is -1.82. The zero-order valence-corrected chi connectivity index (χ0v) is 9.03. The van der Waals surface area contributed by atoms with E-state index in [9.17, 15) is 4.79 Å². The normalized spacial score (nSPS) is 12.9. The van der Waals surface area contributed by atoms with E-state index in [2.05, 4.69) is 6.92 Å². The average Bonchev–Trinajstić information content (AvgIpc) is 2.18. The summed E-state index contributed by atoms with van der Waals surface area (Å²) in [7, 11) is 0. The highest BCUT2D eigenvalue weighted by molar-refractivity contribution is 5.91. The molecule has 0 aliphatic carbocycles. The second-order valence-electron chi connectivity index (χ2n) is 3.10. The van der Waals surface area contributed by atoms with Crippen LogP contribution in [0.5, 0.6) is 0 Å². The molecule has 0 saturated carbocycles. The average molecular weight is 205 g/mol. The summed E-state index contributed by atoms with van der Waals surface area (Å²) in [4.78, 5) is 10.5. The van der Waals surface area contributed by atoms with Gasteiger partial charge in [-0.1, -0.05) is 37.1 Å². The third kappa shape index (κ3) is 6.28. The topological polar surface area (TPSA) is 61.1 Å². The van der Waals surface area contributed by atoms with E-state index in [1.54, 1.807) is 12.1 Å². The molecule has 0 saturated heterocycles. The van der Waals surface area contributed by atoms with Gasteiger partial charge in [-0.15, -0.1) is 0 Å². The summed E-state index contributed by atoms with van der Waals surface area (Å²) in [5.74, 6) is -1.20. The Morgan fingerprint density at radius 1 is 1.47 bits per heavy atom. The maximum Gasteiger partial charge on any atom is 0.346 e. The van der Waals surface area contributed by atoms with E-state index in [1.807, 2.05) is 19.1 Å². The van der Waals surface area contributed by atoms with Crippen LogP contribution >= 0.6 is 0 Å². The molecule has 80 valence electrons. The van der Waals surface area contributed by atoms with E-state index in [0.717, 1.165) is 18.4 Å². The summed E-state index contributed by atoms with van der Waals surface area (Å²) in [6.45, 7) is 3.95. The van der Waals surface area contributed by atoms with E-state index >= 15 is 0 Å². The van der Waals surface area contributed by atoms with Gasteiger partial charge < -0.3 is 5.11 Å². The Morgan fingerprint density at radius 3 is 2.60 bits per heavy atom. The number of allylic oxidation sites excluding steroid dienone is 5. The van der Waals surface area contributed by atoms with Gasteiger partial charge in [0.25, 0.3) is 0 Å². The van der Waals surface area contributed by atoms with Crippen LogP contribution in [-0.4, -0.2) is 11.1 Å². The number of carboxylic acids is 1. The molecule has 0 aliphatic heterocycles. The highest BCUT2D eigenvalue weighted by Crippen LogP contribution is 2.01. The number of nitrogens with zero attached hydrogens (tertiary/aromatic N) is 1. The van der Waals surface area contributed by atoms with Crippen LogP contribution in [0.3, 0.4) is 0 Å². The fourth-order valence-electron chi connectivity index (χ4n) is 0.863. The molecule has 0 heterocycles. The largest absolute Gasteiger partial charge is 0.477 e. The minimum absolute atomic E-state index is 0.252. The lowest BCUT2D eigenvalue weighted by Crippen LogP contribution is -1.96. The predicted molar refractivity (Wildman–Crippen MR) is 59.1 cm³/mol. The Bertz CT molecular complexity index is 343. The van der Waals surface area contributed by atoms with Gasteiger partial charge in [-0.3, -0.25) is 0 Å². The minimum atomic E-state index is -1.20. The van der Waals surface area contributed by atoms with Crippen molar-refractivity contribution in [3.8, 4) is 6.07 Å². The van der Waals surface area contributed by atoms with Crippen LogP contribution in [0.2, 0.25) is 0 Å². The van der Waals surface area contributed by atoms with Crippen molar-refractivity contribution in [3.63, 3.8) is 0 Å². The molecule has 0 atom stereocenters. The van der Waals surface area contributed by atoms with Crippen molar-refractivity contribution in [1.29, 1.82) is 5.26 Å². The number of unbranched alkanes of at least 4 members (excludes halogenated alkanes) is 1. The number of hydrogen-bond donors (Lipinski definition) is 1. The van der Waals surface area contributed by atoms with Crippen molar-refractivity contribution < 1.29 is 9.90 Å². The van der Waals surface area contributed by atoms with Crippen molar-refractivity contribution in [1.82, 2.24) is 0 Å². The summed E-state index contributed by atoms with van der Waals surface area (Å²) >= 11 is 0. The zero-order chi connectivity index (χ0) is 11.7. The molecule has 0 aliphatic rings. The van der Waals surface area contributed by atoms with Gasteiger partial charge in [-0.25, -0.2) is 4.79 Å². The van der Waals surface area contributed by atoms with Crippen molar-refractivity contribution in [2.75, 3.05) is 0 Å². The lowest BCUT2D eigenvalue weighted by molar-refractivity contribution is -0.132. The first-order valence-electron chi connectivity index (χ1n) is 4.80. The molecule has 0 radical (unpaired) electrons. The van der Waals surface area contributed by atoms with Crippen LogP contribution < -0.4 is 0 Å². The number of hydrogen-bond acceptors (Lipinski definition) is 2. The molecule has 0 rings (SSSR count). The first-order chi connectivity index (χ1) is 7.11. The maximum atomic E-state index is 10.5. The fourth-order valence-corrected chi connectivity index (χ4v) is 0.863. The molecule has 0 unspecified atom stereocenters. The third-order valence-electron chi connectivity index (χ3n) is 1.70. The Labute approximate surface area is 90.0 Å². The van der Waals surface area contributed by atoms with Gasteiger partial charge in [-0.05, 0) is 19.4 Å². The standard InChI is InChI=1S/C12H15NO2/c1-3-4-5-6-10(2)7-8-11(9-13)12(14)15/h5-8H,3-4H2,1-2H3,(H,14,15)/b6-5+,10-7+,11-8+. The van der Waals surface area contributed by atoms with Crippen molar-refractivity contribution in [2.24, 2.45) is 0 Å². The molecule has 0 fully saturated rings. The number of carboxylic acid groups (broad SMARTS) is 1. The van der Waals surface area contributed by atoms with Gasteiger partial charge in [0.2, 0.25) is 0 Å². The maximum absolute atomic E-state index is 10.5. The molecule has 3 nitrogen and oxygen atoms in total. The van der Waals surface area contributed by atoms with Gasteiger partial charge in [0.15, 0.2) is 0 Å². The van der Waals surface area contributed by atoms with Crippen LogP contribution in [0.25, 0.3) is 0 Å². The molecule has 0 spiro atoms. The summed E-state index contributed by atoms with van der Waals surface area (Å²) in [6, 6.07) is 1.62. The number of nitriles is 1. The van der Waals surface area contributed by atoms with Gasteiger partial charge in [0.05, 0.1) is 0 Å². The zero-order valence-electron chi connectivity index (χ0n) is 9.03. The second-order valence-corrected chi connectivity index (χ2v) is 3.10. The van der Waals surface area contributed by atoms with Crippen molar-refractivity contribution in [2.45, 2.75) is 26.7 Å². The number of carbonyl (C=O) groups is 1. The molecule has 0 aromatic carbocycles. The van der Waals surface area contributed by atoms with E-state index in [1.165, 1.54) is 6.08 Å². The second kappa shape index (κ2) is 7.57. The summed E-state index contributed by atoms with van der Waals surface area (Å²) in [5, 5.41) is 17.0. The summed E-state index contributed by atoms with van der Waals surface area (Å²) < 4.78 is 0. The van der Waals surface area contributed by atoms with E-state index in [-0.39, 0.29) is 5.57 Å². The monoisotopic (exact) mass is 205 g/mol. The Morgan fingerprint density at radius 2 is 2.13 bits per heavy atom.